The lowest BCUT2D eigenvalue weighted by Crippen LogP contribution is -2.46. The highest BCUT2D eigenvalue weighted by Crippen LogP contribution is 2.35. The maximum absolute atomic E-state index is 13.2. The molecule has 2 saturated heterocycles. The Morgan fingerprint density at radius 1 is 1.19 bits per heavy atom. The lowest BCUT2D eigenvalue weighted by molar-refractivity contribution is -0.137. The molecule has 0 radical (unpaired) electrons. The molecule has 0 unspecified atom stereocenters. The second kappa shape index (κ2) is 11.3. The number of carbonyl (C=O) groups excluding carboxylic acids is 1. The van der Waals surface area contributed by atoms with E-state index in [1.807, 2.05) is 11.8 Å². The van der Waals surface area contributed by atoms with Crippen molar-refractivity contribution in [2.75, 3.05) is 38.1 Å². The third-order valence-corrected chi connectivity index (χ3v) is 7.25. The summed E-state index contributed by atoms with van der Waals surface area (Å²) in [4.78, 5) is 26.0. The van der Waals surface area contributed by atoms with Crippen molar-refractivity contribution in [1.29, 1.82) is 0 Å². The first-order valence-corrected chi connectivity index (χ1v) is 12.6. The number of hydrogen-bond donors (Lipinski definition) is 1. The monoisotopic (exact) mass is 525 g/mol. The van der Waals surface area contributed by atoms with E-state index in [9.17, 15) is 18.0 Å². The average Bonchev–Trinajstić information content (AvgIpc) is 3.31. The molecule has 1 N–H and O–H groups in total. The largest absolute Gasteiger partial charge is 0.417 e. The molecule has 1 aromatic carbocycles. The van der Waals surface area contributed by atoms with Gasteiger partial charge in [-0.15, -0.1) is 0 Å². The van der Waals surface area contributed by atoms with Crippen molar-refractivity contribution in [3.8, 4) is 0 Å². The maximum atomic E-state index is 13.2. The van der Waals surface area contributed by atoms with Gasteiger partial charge in [-0.25, -0.2) is 9.97 Å². The zero-order valence-electron chi connectivity index (χ0n) is 20.4. The number of alkyl halides is 3. The second-order valence-corrected chi connectivity index (χ2v) is 9.65. The van der Waals surface area contributed by atoms with E-state index in [4.69, 9.17) is 16.3 Å². The number of hydrogen-bond acceptors (Lipinski definition) is 6. The van der Waals surface area contributed by atoms with Gasteiger partial charge in [0.05, 0.1) is 16.7 Å². The molecule has 2 aliphatic rings. The number of amides is 1. The molecule has 7 nitrogen and oxygen atoms in total. The number of piperidine rings is 1. The van der Waals surface area contributed by atoms with Gasteiger partial charge in [-0.2, -0.15) is 13.2 Å². The van der Waals surface area contributed by atoms with Crippen LogP contribution in [0.4, 0.5) is 19.0 Å². The van der Waals surface area contributed by atoms with Gasteiger partial charge < -0.3 is 15.0 Å². The van der Waals surface area contributed by atoms with Crippen LogP contribution < -0.4 is 5.32 Å². The van der Waals surface area contributed by atoms with Crippen LogP contribution in [0.2, 0.25) is 5.02 Å². The molecule has 2 aromatic rings. The highest BCUT2D eigenvalue weighted by molar-refractivity contribution is 6.31. The fourth-order valence-corrected chi connectivity index (χ4v) is 5.28. The molecule has 2 fully saturated rings. The van der Waals surface area contributed by atoms with Gasteiger partial charge in [0, 0.05) is 50.9 Å². The van der Waals surface area contributed by atoms with Crippen molar-refractivity contribution in [2.24, 2.45) is 0 Å². The minimum absolute atomic E-state index is 0.136. The molecule has 2 aliphatic heterocycles. The average molecular weight is 526 g/mol. The summed E-state index contributed by atoms with van der Waals surface area (Å²) >= 11 is 5.82. The number of likely N-dealkylation sites (tertiary alicyclic amines) is 2. The van der Waals surface area contributed by atoms with Gasteiger partial charge in [-0.3, -0.25) is 9.69 Å². The van der Waals surface area contributed by atoms with Gasteiger partial charge in [0.25, 0.3) is 5.91 Å². The number of aromatic nitrogens is 2. The van der Waals surface area contributed by atoms with Crippen LogP contribution in [0, 0.1) is 6.92 Å². The van der Waals surface area contributed by atoms with Gasteiger partial charge in [-0.1, -0.05) is 17.7 Å². The molecule has 11 heteroatoms. The van der Waals surface area contributed by atoms with Crippen molar-refractivity contribution in [1.82, 2.24) is 19.8 Å². The molecule has 0 saturated carbocycles. The van der Waals surface area contributed by atoms with E-state index in [2.05, 4.69) is 20.2 Å². The van der Waals surface area contributed by atoms with Crippen LogP contribution in [0.1, 0.15) is 53.4 Å². The quantitative estimate of drug-likeness (QED) is 0.561. The number of carbonyl (C=O) groups is 1. The summed E-state index contributed by atoms with van der Waals surface area (Å²) < 4.78 is 44.6. The van der Waals surface area contributed by atoms with Gasteiger partial charge in [0.15, 0.2) is 0 Å². The molecule has 0 bridgehead atoms. The molecule has 0 aliphatic carbocycles. The molecule has 4 rings (SSSR count). The zero-order valence-corrected chi connectivity index (χ0v) is 21.2. The maximum Gasteiger partial charge on any atom is 0.417 e. The molecular formula is C25H31ClF3N5O2. The Morgan fingerprint density at radius 2 is 1.94 bits per heavy atom. The molecule has 1 atom stereocenters. The first-order valence-electron chi connectivity index (χ1n) is 12.2. The number of nitrogens with zero attached hydrogens (tertiary/aromatic N) is 4. The molecule has 1 amide bonds. The molecular weight excluding hydrogens is 495 g/mol. The lowest BCUT2D eigenvalue weighted by Gasteiger charge is -2.36. The minimum Gasteiger partial charge on any atom is -0.377 e. The smallest absolute Gasteiger partial charge is 0.377 e. The van der Waals surface area contributed by atoms with E-state index >= 15 is 0 Å². The molecule has 196 valence electrons. The van der Waals surface area contributed by atoms with Crippen molar-refractivity contribution in [2.45, 2.75) is 58.0 Å². The first kappa shape index (κ1) is 26.6. The van der Waals surface area contributed by atoms with Gasteiger partial charge in [0.1, 0.15) is 17.8 Å². The third kappa shape index (κ3) is 6.10. The van der Waals surface area contributed by atoms with E-state index in [-0.39, 0.29) is 17.5 Å². The van der Waals surface area contributed by atoms with Crippen molar-refractivity contribution >= 4 is 23.3 Å². The summed E-state index contributed by atoms with van der Waals surface area (Å²) in [5.74, 6) is 0.320. The Balaban J connectivity index is 1.35. The van der Waals surface area contributed by atoms with Crippen LogP contribution in [0.25, 0.3) is 0 Å². The Bertz CT molecular complexity index is 1080. The van der Waals surface area contributed by atoms with E-state index in [1.165, 1.54) is 18.5 Å². The van der Waals surface area contributed by atoms with E-state index < -0.39 is 11.7 Å². The standard InChI is InChI=1S/C25H31ClF3N5O2/c1-3-36-19-8-11-34(14-19)18-6-9-33(10-7-18)24(35)22-16(2)23(32-15-31-22)30-13-17-4-5-20(21(26)12-17)25(27,28)29/h4-5,12,15,18-19H,3,6-11,13-14H2,1-2H3,(H,30,31,32)/t19-/m1/s1. The number of nitrogens with one attached hydrogen (secondary N) is 1. The molecule has 36 heavy (non-hydrogen) atoms. The molecule has 0 spiro atoms. The Labute approximate surface area is 214 Å². The summed E-state index contributed by atoms with van der Waals surface area (Å²) in [5.41, 5.74) is 0.617. The van der Waals surface area contributed by atoms with Crippen molar-refractivity contribution in [3.63, 3.8) is 0 Å². The van der Waals surface area contributed by atoms with Crippen LogP contribution in [0.3, 0.4) is 0 Å². The number of halogens is 4. The topological polar surface area (TPSA) is 70.6 Å². The van der Waals surface area contributed by atoms with Crippen LogP contribution in [0.5, 0.6) is 0 Å². The predicted octanol–water partition coefficient (Wildman–Crippen LogP) is 4.78. The Hall–Kier alpha value is -2.43. The van der Waals surface area contributed by atoms with Crippen molar-refractivity contribution in [3.05, 3.63) is 51.9 Å². The number of benzene rings is 1. The highest BCUT2D eigenvalue weighted by atomic mass is 35.5. The highest BCUT2D eigenvalue weighted by Gasteiger charge is 2.34. The minimum atomic E-state index is -4.50. The zero-order chi connectivity index (χ0) is 25.9. The Morgan fingerprint density at radius 3 is 2.61 bits per heavy atom. The number of rotatable bonds is 7. The van der Waals surface area contributed by atoms with E-state index in [0.717, 1.165) is 45.0 Å². The normalized spacial score (nSPS) is 19.6. The van der Waals surface area contributed by atoms with Crippen LogP contribution >= 0.6 is 11.6 Å². The van der Waals surface area contributed by atoms with E-state index in [0.29, 0.717) is 47.9 Å². The van der Waals surface area contributed by atoms with Gasteiger partial charge in [0.2, 0.25) is 0 Å². The lowest BCUT2D eigenvalue weighted by atomic mass is 10.0. The molecule has 1 aromatic heterocycles. The third-order valence-electron chi connectivity index (χ3n) is 6.93. The molecule has 3 heterocycles. The summed E-state index contributed by atoms with van der Waals surface area (Å²) in [7, 11) is 0. The summed E-state index contributed by atoms with van der Waals surface area (Å²) in [6.45, 7) is 8.04. The van der Waals surface area contributed by atoms with Crippen LogP contribution in [0.15, 0.2) is 24.5 Å². The fourth-order valence-electron chi connectivity index (χ4n) is 4.97. The van der Waals surface area contributed by atoms with Crippen molar-refractivity contribution < 1.29 is 22.7 Å². The van der Waals surface area contributed by atoms with Gasteiger partial charge >= 0.3 is 6.18 Å². The predicted molar refractivity (Wildman–Crippen MR) is 131 cm³/mol. The SMILES string of the molecule is CCO[C@@H]1CCN(C2CCN(C(=O)c3ncnc(NCc4ccc(C(F)(F)F)c(Cl)c4)c3C)CC2)C1. The van der Waals surface area contributed by atoms with E-state index in [1.54, 1.807) is 6.92 Å². The van der Waals surface area contributed by atoms with Gasteiger partial charge in [-0.05, 0) is 50.8 Å². The summed E-state index contributed by atoms with van der Waals surface area (Å²) in [6, 6.07) is 4.06. The van der Waals surface area contributed by atoms with Crippen LogP contribution in [-0.2, 0) is 17.5 Å². The summed E-state index contributed by atoms with van der Waals surface area (Å²) in [5, 5.41) is 2.73. The number of ether oxygens (including phenoxy) is 1. The van der Waals surface area contributed by atoms with Crippen LogP contribution in [-0.4, -0.2) is 70.6 Å². The first-order chi connectivity index (χ1) is 17.2. The summed E-state index contributed by atoms with van der Waals surface area (Å²) in [6.07, 6.45) is 0.0107. The fraction of sp³-hybridized carbons (Fsp3) is 0.560. The number of anilines is 1. The second-order valence-electron chi connectivity index (χ2n) is 9.25. The Kier molecular flexibility index (Phi) is 8.37.